The lowest BCUT2D eigenvalue weighted by Gasteiger charge is -2.03. The number of anilines is 1. The van der Waals surface area contributed by atoms with Crippen LogP contribution in [0.3, 0.4) is 0 Å². The van der Waals surface area contributed by atoms with Gasteiger partial charge in [-0.2, -0.15) is 0 Å². The van der Waals surface area contributed by atoms with E-state index < -0.39 is 5.97 Å². The van der Waals surface area contributed by atoms with Crippen molar-refractivity contribution in [1.29, 1.82) is 0 Å². The standard InChI is InChI=1S/C12H16N2O3S/c1-4-6-17-12(16)9-7(3)8(10(13)18-9)11(15)14-5-2/h4H,1,5-6,13H2,2-3H3,(H,14,15). The van der Waals surface area contributed by atoms with Crippen molar-refractivity contribution in [3.63, 3.8) is 0 Å². The largest absolute Gasteiger partial charge is 0.457 e. The highest BCUT2D eigenvalue weighted by atomic mass is 32.1. The van der Waals surface area contributed by atoms with Gasteiger partial charge in [-0.15, -0.1) is 11.3 Å². The molecular weight excluding hydrogens is 252 g/mol. The molecule has 1 aromatic rings. The monoisotopic (exact) mass is 268 g/mol. The number of esters is 1. The summed E-state index contributed by atoms with van der Waals surface area (Å²) < 4.78 is 4.93. The number of rotatable bonds is 5. The number of hydrogen-bond acceptors (Lipinski definition) is 5. The molecule has 0 atom stereocenters. The van der Waals surface area contributed by atoms with Gasteiger partial charge < -0.3 is 15.8 Å². The Morgan fingerprint density at radius 2 is 2.22 bits per heavy atom. The fourth-order valence-corrected chi connectivity index (χ4v) is 2.43. The highest BCUT2D eigenvalue weighted by Gasteiger charge is 2.23. The van der Waals surface area contributed by atoms with Crippen LogP contribution >= 0.6 is 11.3 Å². The normalized spacial score (nSPS) is 9.89. The van der Waals surface area contributed by atoms with Crippen molar-refractivity contribution in [2.24, 2.45) is 0 Å². The summed E-state index contributed by atoms with van der Waals surface area (Å²) in [6, 6.07) is 0. The first-order valence-electron chi connectivity index (χ1n) is 5.48. The van der Waals surface area contributed by atoms with E-state index in [1.54, 1.807) is 6.92 Å². The summed E-state index contributed by atoms with van der Waals surface area (Å²) >= 11 is 1.06. The summed E-state index contributed by atoms with van der Waals surface area (Å²) in [5.74, 6) is -0.758. The zero-order valence-corrected chi connectivity index (χ0v) is 11.2. The molecule has 0 saturated carbocycles. The lowest BCUT2D eigenvalue weighted by atomic mass is 10.1. The molecule has 0 spiro atoms. The van der Waals surface area contributed by atoms with Gasteiger partial charge in [0.15, 0.2) is 0 Å². The van der Waals surface area contributed by atoms with E-state index in [2.05, 4.69) is 11.9 Å². The van der Waals surface area contributed by atoms with Crippen LogP contribution in [0, 0.1) is 6.92 Å². The van der Waals surface area contributed by atoms with Crippen LogP contribution in [-0.4, -0.2) is 25.0 Å². The van der Waals surface area contributed by atoms with Gasteiger partial charge in [-0.05, 0) is 19.4 Å². The molecule has 1 heterocycles. The van der Waals surface area contributed by atoms with Gasteiger partial charge in [0, 0.05) is 6.54 Å². The van der Waals surface area contributed by atoms with Gasteiger partial charge in [0.2, 0.25) is 0 Å². The van der Waals surface area contributed by atoms with Crippen molar-refractivity contribution in [2.45, 2.75) is 13.8 Å². The molecule has 1 aromatic heterocycles. The Kier molecular flexibility index (Phi) is 4.91. The van der Waals surface area contributed by atoms with E-state index in [1.165, 1.54) is 6.08 Å². The molecule has 6 heteroatoms. The van der Waals surface area contributed by atoms with Gasteiger partial charge in [0.25, 0.3) is 5.91 Å². The van der Waals surface area contributed by atoms with E-state index in [1.807, 2.05) is 6.92 Å². The molecule has 0 bridgehead atoms. The molecule has 0 aliphatic heterocycles. The third-order valence-corrected chi connectivity index (χ3v) is 3.36. The van der Waals surface area contributed by atoms with E-state index in [4.69, 9.17) is 10.5 Å². The topological polar surface area (TPSA) is 81.4 Å². The Morgan fingerprint density at radius 1 is 1.56 bits per heavy atom. The summed E-state index contributed by atoms with van der Waals surface area (Å²) in [6.07, 6.45) is 1.48. The smallest absolute Gasteiger partial charge is 0.348 e. The first-order valence-corrected chi connectivity index (χ1v) is 6.29. The number of hydrogen-bond donors (Lipinski definition) is 2. The zero-order chi connectivity index (χ0) is 13.7. The van der Waals surface area contributed by atoms with E-state index in [-0.39, 0.29) is 12.5 Å². The van der Waals surface area contributed by atoms with Gasteiger partial charge in [-0.3, -0.25) is 4.79 Å². The van der Waals surface area contributed by atoms with Gasteiger partial charge in [-0.1, -0.05) is 12.7 Å². The highest BCUT2D eigenvalue weighted by Crippen LogP contribution is 2.30. The molecule has 5 nitrogen and oxygen atoms in total. The van der Waals surface area contributed by atoms with E-state index in [0.717, 1.165) is 11.3 Å². The van der Waals surface area contributed by atoms with Crippen molar-refractivity contribution in [3.05, 3.63) is 28.7 Å². The Labute approximate surface area is 110 Å². The minimum atomic E-state index is -0.486. The molecule has 0 aliphatic rings. The summed E-state index contributed by atoms with van der Waals surface area (Å²) in [4.78, 5) is 23.9. The van der Waals surface area contributed by atoms with Crippen LogP contribution in [0.15, 0.2) is 12.7 Å². The Morgan fingerprint density at radius 3 is 2.78 bits per heavy atom. The summed E-state index contributed by atoms with van der Waals surface area (Å²) in [5.41, 5.74) is 6.68. The van der Waals surface area contributed by atoms with Crippen molar-refractivity contribution < 1.29 is 14.3 Å². The number of carbonyl (C=O) groups excluding carboxylic acids is 2. The molecule has 98 valence electrons. The molecule has 0 aliphatic carbocycles. The molecule has 3 N–H and O–H groups in total. The molecule has 1 rings (SSSR count). The maximum Gasteiger partial charge on any atom is 0.348 e. The SMILES string of the molecule is C=CCOC(=O)c1sc(N)c(C(=O)NCC)c1C. The van der Waals surface area contributed by atoms with E-state index in [0.29, 0.717) is 27.5 Å². The second kappa shape index (κ2) is 6.20. The van der Waals surface area contributed by atoms with Crippen LogP contribution in [-0.2, 0) is 4.74 Å². The van der Waals surface area contributed by atoms with Gasteiger partial charge in [-0.25, -0.2) is 4.79 Å². The molecule has 0 aromatic carbocycles. The van der Waals surface area contributed by atoms with E-state index in [9.17, 15) is 9.59 Å². The average Bonchev–Trinajstić information content (AvgIpc) is 2.62. The number of carbonyl (C=O) groups is 2. The quantitative estimate of drug-likeness (QED) is 0.629. The molecule has 0 radical (unpaired) electrons. The van der Waals surface area contributed by atoms with Crippen molar-refractivity contribution >= 4 is 28.2 Å². The predicted octanol–water partition coefficient (Wildman–Crippen LogP) is 1.73. The maximum absolute atomic E-state index is 11.8. The van der Waals surface area contributed by atoms with Crippen LogP contribution in [0.25, 0.3) is 0 Å². The first kappa shape index (κ1) is 14.2. The molecular formula is C12H16N2O3S. The van der Waals surface area contributed by atoms with Crippen LogP contribution < -0.4 is 11.1 Å². The van der Waals surface area contributed by atoms with Crippen molar-refractivity contribution in [1.82, 2.24) is 5.32 Å². The minimum Gasteiger partial charge on any atom is -0.457 e. The molecule has 0 unspecified atom stereocenters. The zero-order valence-electron chi connectivity index (χ0n) is 10.4. The van der Waals surface area contributed by atoms with Crippen LogP contribution in [0.5, 0.6) is 0 Å². The third kappa shape index (κ3) is 2.89. The van der Waals surface area contributed by atoms with Gasteiger partial charge in [0.05, 0.1) is 10.6 Å². The van der Waals surface area contributed by atoms with Gasteiger partial charge in [0.1, 0.15) is 11.5 Å². The molecule has 18 heavy (non-hydrogen) atoms. The van der Waals surface area contributed by atoms with E-state index >= 15 is 0 Å². The summed E-state index contributed by atoms with van der Waals surface area (Å²) in [7, 11) is 0. The van der Waals surface area contributed by atoms with Crippen LogP contribution in [0.2, 0.25) is 0 Å². The van der Waals surface area contributed by atoms with Crippen LogP contribution in [0.1, 0.15) is 32.5 Å². The summed E-state index contributed by atoms with van der Waals surface area (Å²) in [6.45, 7) is 7.59. The molecule has 1 amide bonds. The fraction of sp³-hybridized carbons (Fsp3) is 0.333. The average molecular weight is 268 g/mol. The van der Waals surface area contributed by atoms with Crippen molar-refractivity contribution in [3.8, 4) is 0 Å². The first-order chi connectivity index (χ1) is 8.52. The Hall–Kier alpha value is -1.82. The number of nitrogens with two attached hydrogens (primary N) is 1. The number of nitrogens with one attached hydrogen (secondary N) is 1. The lowest BCUT2D eigenvalue weighted by molar-refractivity contribution is 0.0554. The predicted molar refractivity (Wildman–Crippen MR) is 72.0 cm³/mol. The fourth-order valence-electron chi connectivity index (χ4n) is 1.46. The number of thiophene rings is 1. The van der Waals surface area contributed by atoms with Crippen LogP contribution in [0.4, 0.5) is 5.00 Å². The maximum atomic E-state index is 11.8. The van der Waals surface area contributed by atoms with Gasteiger partial charge >= 0.3 is 5.97 Å². The number of nitrogen functional groups attached to an aromatic ring is 1. The third-order valence-electron chi connectivity index (χ3n) is 2.26. The number of ether oxygens (including phenoxy) is 1. The van der Waals surface area contributed by atoms with Crippen molar-refractivity contribution in [2.75, 3.05) is 18.9 Å². The molecule has 0 saturated heterocycles. The highest BCUT2D eigenvalue weighted by molar-refractivity contribution is 7.18. The second-order valence-corrected chi connectivity index (χ2v) is 4.59. The minimum absolute atomic E-state index is 0.132. The second-order valence-electron chi connectivity index (χ2n) is 3.54. The Balaban J connectivity index is 3.03. The molecule has 0 fully saturated rings. The lowest BCUT2D eigenvalue weighted by Crippen LogP contribution is -2.23. The number of amides is 1. The summed E-state index contributed by atoms with van der Waals surface area (Å²) in [5, 5.41) is 2.98. The Bertz CT molecular complexity index is 480.